The summed E-state index contributed by atoms with van der Waals surface area (Å²) in [5, 5.41) is 12.6. The van der Waals surface area contributed by atoms with Gasteiger partial charge in [-0.2, -0.15) is 0 Å². The number of carbonyl (C=O) groups excluding carboxylic acids is 1. The molecule has 4 aliphatic heterocycles. The molecule has 162 valence electrons. The van der Waals surface area contributed by atoms with Crippen LogP contribution in [0.2, 0.25) is 0 Å². The van der Waals surface area contributed by atoms with Gasteiger partial charge in [0, 0.05) is 48.3 Å². The van der Waals surface area contributed by atoms with Crippen LogP contribution in [-0.2, 0) is 11.2 Å². The van der Waals surface area contributed by atoms with Gasteiger partial charge >= 0.3 is 0 Å². The smallest absolute Gasteiger partial charge is 0.271 e. The molecular formula is C24H28N4O3. The van der Waals surface area contributed by atoms with Crippen LogP contribution in [0.3, 0.4) is 0 Å². The van der Waals surface area contributed by atoms with E-state index in [4.69, 9.17) is 0 Å². The Morgan fingerprint density at radius 1 is 1.19 bits per heavy atom. The lowest BCUT2D eigenvalue weighted by atomic mass is 9.66. The van der Waals surface area contributed by atoms with Gasteiger partial charge in [-0.1, -0.05) is 6.92 Å². The standard InChI is InChI=1S/C24H28N4O3/c1-2-24-9-5-12-25-13-8-18-17-7-6-16(28(30)31)14-19(17)27(21(18)22(24)25)20(15-24)23(29)26-10-3-4-11-26/h6-7,14-15,22H,2-5,8-13H2,1H3/t22-,24+/m0/s1. The molecule has 0 saturated carbocycles. The van der Waals surface area contributed by atoms with E-state index in [9.17, 15) is 14.9 Å². The Bertz CT molecular complexity index is 1140. The molecule has 5 heterocycles. The van der Waals surface area contributed by atoms with Crippen molar-refractivity contribution < 1.29 is 9.72 Å². The maximum atomic E-state index is 13.8. The SMILES string of the molecule is CC[C@]12C=C(C(=O)N3CCCC3)n3c4c(c5ccc([N+](=O)[O-])cc53)CCN(CCC1)[C@@H]42. The molecule has 0 aliphatic carbocycles. The summed E-state index contributed by atoms with van der Waals surface area (Å²) in [5.74, 6) is 0.0812. The second kappa shape index (κ2) is 6.66. The molecule has 0 unspecified atom stereocenters. The Morgan fingerprint density at radius 3 is 2.74 bits per heavy atom. The number of hydrogen-bond acceptors (Lipinski definition) is 4. The zero-order valence-corrected chi connectivity index (χ0v) is 18.0. The van der Waals surface area contributed by atoms with Gasteiger partial charge < -0.3 is 9.47 Å². The highest BCUT2D eigenvalue weighted by atomic mass is 16.6. The number of nitro benzene ring substituents is 1. The largest absolute Gasteiger partial charge is 0.337 e. The van der Waals surface area contributed by atoms with Crippen molar-refractivity contribution in [3.05, 3.63) is 45.6 Å². The van der Waals surface area contributed by atoms with Crippen LogP contribution in [0.1, 0.15) is 56.3 Å². The van der Waals surface area contributed by atoms with Crippen LogP contribution >= 0.6 is 0 Å². The first kappa shape index (κ1) is 19.0. The molecule has 6 rings (SSSR count). The van der Waals surface area contributed by atoms with Crippen LogP contribution in [0.25, 0.3) is 16.6 Å². The fourth-order valence-corrected chi connectivity index (χ4v) is 6.67. The maximum Gasteiger partial charge on any atom is 0.271 e. The average Bonchev–Trinajstić information content (AvgIpc) is 3.43. The van der Waals surface area contributed by atoms with E-state index in [-0.39, 0.29) is 28.0 Å². The van der Waals surface area contributed by atoms with Gasteiger partial charge in [0.15, 0.2) is 0 Å². The van der Waals surface area contributed by atoms with Crippen LogP contribution in [0, 0.1) is 15.5 Å². The van der Waals surface area contributed by atoms with E-state index in [0.717, 1.165) is 81.3 Å². The Balaban J connectivity index is 1.66. The predicted octanol–water partition coefficient (Wildman–Crippen LogP) is 4.12. The molecule has 7 heteroatoms. The van der Waals surface area contributed by atoms with E-state index in [1.807, 2.05) is 11.0 Å². The number of nitro groups is 1. The van der Waals surface area contributed by atoms with Gasteiger partial charge in [0.1, 0.15) is 5.70 Å². The summed E-state index contributed by atoms with van der Waals surface area (Å²) in [4.78, 5) is 29.5. The summed E-state index contributed by atoms with van der Waals surface area (Å²) in [6.07, 6.45) is 8.50. The quantitative estimate of drug-likeness (QED) is 0.553. The number of amides is 1. The Kier molecular flexibility index (Phi) is 4.09. The van der Waals surface area contributed by atoms with E-state index in [0.29, 0.717) is 0 Å². The number of carbonyl (C=O) groups is 1. The van der Waals surface area contributed by atoms with Crippen molar-refractivity contribution in [1.82, 2.24) is 14.4 Å². The van der Waals surface area contributed by atoms with Gasteiger partial charge in [0.05, 0.1) is 16.5 Å². The zero-order valence-electron chi connectivity index (χ0n) is 18.0. The van der Waals surface area contributed by atoms with Crippen molar-refractivity contribution in [2.75, 3.05) is 26.2 Å². The Morgan fingerprint density at radius 2 is 2.00 bits per heavy atom. The molecule has 0 spiro atoms. The van der Waals surface area contributed by atoms with Crippen LogP contribution in [0.15, 0.2) is 24.3 Å². The van der Waals surface area contributed by atoms with Crippen LogP contribution in [0.4, 0.5) is 5.69 Å². The minimum absolute atomic E-state index is 0.0472. The molecule has 31 heavy (non-hydrogen) atoms. The summed E-state index contributed by atoms with van der Waals surface area (Å²) in [7, 11) is 0. The van der Waals surface area contributed by atoms with Crippen LogP contribution < -0.4 is 0 Å². The van der Waals surface area contributed by atoms with Crippen molar-refractivity contribution in [3.8, 4) is 0 Å². The number of benzene rings is 1. The molecular weight excluding hydrogens is 392 g/mol. The second-order valence-corrected chi connectivity index (χ2v) is 9.57. The molecule has 4 aliphatic rings. The first-order valence-corrected chi connectivity index (χ1v) is 11.6. The second-order valence-electron chi connectivity index (χ2n) is 9.57. The normalized spacial score (nSPS) is 27.3. The summed E-state index contributed by atoms with van der Waals surface area (Å²) < 4.78 is 2.11. The monoisotopic (exact) mass is 420 g/mol. The molecule has 0 N–H and O–H groups in total. The molecule has 2 aromatic rings. The minimum Gasteiger partial charge on any atom is -0.337 e. The van der Waals surface area contributed by atoms with Gasteiger partial charge in [0.2, 0.25) is 0 Å². The van der Waals surface area contributed by atoms with Gasteiger partial charge in [-0.15, -0.1) is 0 Å². The number of hydrogen-bond donors (Lipinski definition) is 0. The van der Waals surface area contributed by atoms with Crippen molar-refractivity contribution >= 4 is 28.2 Å². The third kappa shape index (κ3) is 2.53. The number of aromatic nitrogens is 1. The maximum absolute atomic E-state index is 13.8. The van der Waals surface area contributed by atoms with Crippen LogP contribution in [-0.4, -0.2) is 51.4 Å². The third-order valence-electron chi connectivity index (χ3n) is 8.15. The highest BCUT2D eigenvalue weighted by molar-refractivity contribution is 6.16. The van der Waals surface area contributed by atoms with Gasteiger partial charge in [0.25, 0.3) is 11.6 Å². The van der Waals surface area contributed by atoms with Gasteiger partial charge in [-0.25, -0.2) is 0 Å². The molecule has 7 nitrogen and oxygen atoms in total. The Labute approximate surface area is 181 Å². The fraction of sp³-hybridized carbons (Fsp3) is 0.542. The first-order valence-electron chi connectivity index (χ1n) is 11.6. The van der Waals surface area contributed by atoms with Crippen molar-refractivity contribution in [2.45, 2.75) is 51.5 Å². The van der Waals surface area contributed by atoms with Crippen molar-refractivity contribution in [1.29, 1.82) is 0 Å². The lowest BCUT2D eigenvalue weighted by Gasteiger charge is -2.53. The zero-order chi connectivity index (χ0) is 21.3. The topological polar surface area (TPSA) is 71.6 Å². The molecule has 1 aromatic heterocycles. The first-order chi connectivity index (χ1) is 15.0. The molecule has 1 amide bonds. The van der Waals surface area contributed by atoms with Crippen molar-refractivity contribution in [2.24, 2.45) is 5.41 Å². The summed E-state index contributed by atoms with van der Waals surface area (Å²) >= 11 is 0. The number of likely N-dealkylation sites (tertiary alicyclic amines) is 1. The van der Waals surface area contributed by atoms with Crippen LogP contribution in [0.5, 0.6) is 0 Å². The van der Waals surface area contributed by atoms with Gasteiger partial charge in [-0.3, -0.25) is 19.8 Å². The molecule has 0 radical (unpaired) electrons. The lowest BCUT2D eigenvalue weighted by Crippen LogP contribution is -2.51. The number of non-ortho nitro benzene ring substituents is 1. The highest BCUT2D eigenvalue weighted by Gasteiger charge is 2.51. The Hall–Kier alpha value is -2.67. The molecule has 0 bridgehead atoms. The summed E-state index contributed by atoms with van der Waals surface area (Å²) in [6, 6.07) is 5.43. The minimum atomic E-state index is -0.337. The molecule has 2 atom stereocenters. The predicted molar refractivity (Wildman–Crippen MR) is 119 cm³/mol. The van der Waals surface area contributed by atoms with E-state index in [2.05, 4.69) is 22.5 Å². The average molecular weight is 421 g/mol. The van der Waals surface area contributed by atoms with E-state index >= 15 is 0 Å². The number of rotatable bonds is 3. The third-order valence-corrected chi connectivity index (χ3v) is 8.15. The molecule has 2 fully saturated rings. The summed E-state index contributed by atoms with van der Waals surface area (Å²) in [6.45, 7) is 5.93. The van der Waals surface area contributed by atoms with E-state index in [1.54, 1.807) is 12.1 Å². The number of nitrogens with zero attached hydrogens (tertiary/aromatic N) is 4. The van der Waals surface area contributed by atoms with E-state index < -0.39 is 0 Å². The number of fused-ring (bicyclic) bond motifs is 3. The van der Waals surface area contributed by atoms with E-state index in [1.165, 1.54) is 11.3 Å². The fourth-order valence-electron chi connectivity index (χ4n) is 6.67. The molecule has 2 saturated heterocycles. The highest BCUT2D eigenvalue weighted by Crippen LogP contribution is 2.57. The lowest BCUT2D eigenvalue weighted by molar-refractivity contribution is -0.384. The van der Waals surface area contributed by atoms with Crippen molar-refractivity contribution in [3.63, 3.8) is 0 Å². The summed E-state index contributed by atoms with van der Waals surface area (Å²) in [5.41, 5.74) is 4.07. The molecule has 1 aromatic carbocycles. The number of piperidine rings is 1. The van der Waals surface area contributed by atoms with Gasteiger partial charge in [-0.05, 0) is 62.8 Å².